The molecular formula is C21H31NO. The third-order valence-corrected chi connectivity index (χ3v) is 8.23. The van der Waals surface area contributed by atoms with E-state index in [4.69, 9.17) is 5.73 Å². The summed E-state index contributed by atoms with van der Waals surface area (Å²) in [7, 11) is 0. The normalized spacial score (nSPS) is 48.5. The van der Waals surface area contributed by atoms with Gasteiger partial charge in [-0.05, 0) is 91.2 Å². The molecule has 0 spiro atoms. The molecule has 0 saturated heterocycles. The maximum Gasteiger partial charge on any atom is 0.156 e. The van der Waals surface area contributed by atoms with Crippen molar-refractivity contribution in [3.63, 3.8) is 0 Å². The standard InChI is InChI=1S/C21H31NO/c1-20-11-8-19-17(18(20)6-4-14(20)9-12-22)5-3-15-13-16(23)7-10-21(15,19)2/h3,5,13-14,17-19H,4,6-12,22H2,1-2H3/t14?,17?,18?,19?,20-,21?/m1/s1. The number of ketones is 1. The summed E-state index contributed by atoms with van der Waals surface area (Å²) in [5, 5.41) is 0. The molecule has 6 atom stereocenters. The number of carbonyl (C=O) groups excluding carboxylic acids is 1. The first kappa shape index (κ1) is 15.6. The highest BCUT2D eigenvalue weighted by atomic mass is 16.1. The zero-order valence-corrected chi connectivity index (χ0v) is 14.7. The van der Waals surface area contributed by atoms with Crippen LogP contribution in [0.2, 0.25) is 0 Å². The van der Waals surface area contributed by atoms with Crippen LogP contribution in [0.5, 0.6) is 0 Å². The van der Waals surface area contributed by atoms with Crippen LogP contribution < -0.4 is 5.73 Å². The summed E-state index contributed by atoms with van der Waals surface area (Å²) in [5.74, 6) is 3.42. The maximum absolute atomic E-state index is 11.8. The Balaban J connectivity index is 1.68. The fraction of sp³-hybridized carbons (Fsp3) is 0.762. The molecule has 2 heteroatoms. The number of hydrogen-bond donors (Lipinski definition) is 1. The van der Waals surface area contributed by atoms with Gasteiger partial charge in [-0.1, -0.05) is 26.0 Å². The molecule has 0 aliphatic heterocycles. The van der Waals surface area contributed by atoms with Crippen LogP contribution in [-0.4, -0.2) is 12.3 Å². The Morgan fingerprint density at radius 2 is 2.00 bits per heavy atom. The van der Waals surface area contributed by atoms with Crippen LogP contribution in [-0.2, 0) is 4.79 Å². The molecule has 2 nitrogen and oxygen atoms in total. The lowest BCUT2D eigenvalue weighted by Gasteiger charge is -2.56. The molecule has 2 N–H and O–H groups in total. The molecule has 0 bridgehead atoms. The second-order valence-electron chi connectivity index (χ2n) is 9.03. The predicted octanol–water partition coefficient (Wildman–Crippen LogP) is 4.26. The average Bonchev–Trinajstić information content (AvgIpc) is 2.85. The highest BCUT2D eigenvalue weighted by molar-refractivity contribution is 5.92. The van der Waals surface area contributed by atoms with Crippen molar-refractivity contribution in [1.29, 1.82) is 0 Å². The summed E-state index contributed by atoms with van der Waals surface area (Å²) in [6.45, 7) is 5.82. The van der Waals surface area contributed by atoms with Crippen molar-refractivity contribution >= 4 is 5.78 Å². The molecule has 2 saturated carbocycles. The molecule has 0 aromatic rings. The van der Waals surface area contributed by atoms with E-state index >= 15 is 0 Å². The molecule has 0 aromatic heterocycles. The third kappa shape index (κ3) is 2.13. The molecule has 4 aliphatic rings. The van der Waals surface area contributed by atoms with E-state index in [0.29, 0.717) is 17.1 Å². The van der Waals surface area contributed by atoms with Crippen molar-refractivity contribution in [3.8, 4) is 0 Å². The first-order chi connectivity index (χ1) is 11.0. The molecule has 0 heterocycles. The van der Waals surface area contributed by atoms with Crippen LogP contribution in [0.4, 0.5) is 0 Å². The van der Waals surface area contributed by atoms with Gasteiger partial charge in [-0.3, -0.25) is 4.79 Å². The SMILES string of the molecule is CC12CCC(=O)C=C1C=CC1C2CC[C@]2(C)C(CCN)CCC12. The van der Waals surface area contributed by atoms with Gasteiger partial charge in [0.05, 0.1) is 0 Å². The fourth-order valence-electron chi connectivity index (χ4n) is 6.78. The Hall–Kier alpha value is -0.890. The minimum atomic E-state index is 0.237. The minimum Gasteiger partial charge on any atom is -0.330 e. The zero-order valence-electron chi connectivity index (χ0n) is 14.7. The van der Waals surface area contributed by atoms with Crippen molar-refractivity contribution < 1.29 is 4.79 Å². The van der Waals surface area contributed by atoms with E-state index in [1.807, 2.05) is 6.08 Å². The molecule has 5 unspecified atom stereocenters. The number of rotatable bonds is 2. The van der Waals surface area contributed by atoms with E-state index in [1.165, 1.54) is 37.7 Å². The average molecular weight is 313 g/mol. The summed E-state index contributed by atoms with van der Waals surface area (Å²) in [5.41, 5.74) is 7.93. The Kier molecular flexibility index (Phi) is 3.61. The third-order valence-electron chi connectivity index (χ3n) is 8.23. The number of carbonyl (C=O) groups is 1. The Labute approximate surface area is 140 Å². The van der Waals surface area contributed by atoms with Crippen LogP contribution in [0, 0.1) is 34.5 Å². The van der Waals surface area contributed by atoms with E-state index in [2.05, 4.69) is 26.0 Å². The molecule has 2 fully saturated rings. The summed E-state index contributed by atoms with van der Waals surface area (Å²) in [6, 6.07) is 0. The van der Waals surface area contributed by atoms with Gasteiger partial charge in [0.15, 0.2) is 5.78 Å². The molecule has 0 radical (unpaired) electrons. The van der Waals surface area contributed by atoms with Crippen molar-refractivity contribution in [2.45, 2.75) is 58.8 Å². The van der Waals surface area contributed by atoms with Gasteiger partial charge in [-0.2, -0.15) is 0 Å². The van der Waals surface area contributed by atoms with Gasteiger partial charge >= 0.3 is 0 Å². The molecule has 0 amide bonds. The molecule has 126 valence electrons. The zero-order chi connectivity index (χ0) is 16.2. The van der Waals surface area contributed by atoms with Gasteiger partial charge < -0.3 is 5.73 Å². The van der Waals surface area contributed by atoms with Crippen molar-refractivity contribution in [3.05, 3.63) is 23.8 Å². The van der Waals surface area contributed by atoms with Crippen LogP contribution in [0.3, 0.4) is 0 Å². The summed E-state index contributed by atoms with van der Waals surface area (Å²) < 4.78 is 0. The summed E-state index contributed by atoms with van der Waals surface area (Å²) >= 11 is 0. The fourth-order valence-corrected chi connectivity index (χ4v) is 6.78. The highest BCUT2D eigenvalue weighted by Crippen LogP contribution is 2.65. The Bertz CT molecular complexity index is 576. The lowest BCUT2D eigenvalue weighted by molar-refractivity contribution is -0.116. The van der Waals surface area contributed by atoms with Crippen molar-refractivity contribution in [2.75, 3.05) is 6.54 Å². The van der Waals surface area contributed by atoms with Gasteiger partial charge in [0.25, 0.3) is 0 Å². The van der Waals surface area contributed by atoms with Crippen LogP contribution in [0.25, 0.3) is 0 Å². The van der Waals surface area contributed by atoms with E-state index in [0.717, 1.165) is 37.1 Å². The largest absolute Gasteiger partial charge is 0.330 e. The lowest BCUT2D eigenvalue weighted by atomic mass is 9.48. The van der Waals surface area contributed by atoms with Crippen molar-refractivity contribution in [1.82, 2.24) is 0 Å². The van der Waals surface area contributed by atoms with Gasteiger partial charge in [0, 0.05) is 6.42 Å². The van der Waals surface area contributed by atoms with Gasteiger partial charge in [-0.25, -0.2) is 0 Å². The maximum atomic E-state index is 11.8. The second kappa shape index (κ2) is 5.31. The summed E-state index contributed by atoms with van der Waals surface area (Å²) in [4.78, 5) is 11.8. The monoisotopic (exact) mass is 313 g/mol. The van der Waals surface area contributed by atoms with Gasteiger partial charge in [0.2, 0.25) is 0 Å². The minimum absolute atomic E-state index is 0.237. The van der Waals surface area contributed by atoms with Crippen LogP contribution in [0.1, 0.15) is 58.8 Å². The Morgan fingerprint density at radius 1 is 1.17 bits per heavy atom. The quantitative estimate of drug-likeness (QED) is 0.827. The van der Waals surface area contributed by atoms with E-state index in [1.54, 1.807) is 0 Å². The van der Waals surface area contributed by atoms with Crippen molar-refractivity contribution in [2.24, 2.45) is 40.2 Å². The van der Waals surface area contributed by atoms with Gasteiger partial charge in [0.1, 0.15) is 0 Å². The molecular weight excluding hydrogens is 282 g/mol. The second-order valence-corrected chi connectivity index (χ2v) is 9.03. The number of nitrogens with two attached hydrogens (primary N) is 1. The Morgan fingerprint density at radius 3 is 2.78 bits per heavy atom. The first-order valence-corrected chi connectivity index (χ1v) is 9.62. The summed E-state index contributed by atoms with van der Waals surface area (Å²) in [6.07, 6.45) is 15.1. The number of allylic oxidation sites excluding steroid dienone is 4. The number of fused-ring (bicyclic) bond motifs is 5. The van der Waals surface area contributed by atoms with Crippen LogP contribution in [0.15, 0.2) is 23.8 Å². The van der Waals surface area contributed by atoms with E-state index in [-0.39, 0.29) is 5.41 Å². The van der Waals surface area contributed by atoms with Gasteiger partial charge in [-0.15, -0.1) is 0 Å². The molecule has 23 heavy (non-hydrogen) atoms. The molecule has 4 rings (SSSR count). The lowest BCUT2D eigenvalue weighted by Crippen LogP contribution is -2.49. The molecule has 0 aromatic carbocycles. The van der Waals surface area contributed by atoms with E-state index in [9.17, 15) is 4.79 Å². The number of hydrogen-bond acceptors (Lipinski definition) is 2. The topological polar surface area (TPSA) is 43.1 Å². The van der Waals surface area contributed by atoms with Crippen LogP contribution >= 0.6 is 0 Å². The molecule has 4 aliphatic carbocycles. The van der Waals surface area contributed by atoms with E-state index < -0.39 is 0 Å². The highest BCUT2D eigenvalue weighted by Gasteiger charge is 2.57. The first-order valence-electron chi connectivity index (χ1n) is 9.62. The smallest absolute Gasteiger partial charge is 0.156 e. The predicted molar refractivity (Wildman–Crippen MR) is 93.8 cm³/mol.